The molecule has 0 aliphatic heterocycles. The number of hydrogen-bond acceptors (Lipinski definition) is 5. The summed E-state index contributed by atoms with van der Waals surface area (Å²) in [5.41, 5.74) is 4.63. The quantitative estimate of drug-likeness (QED) is 0.523. The van der Waals surface area contributed by atoms with Crippen LogP contribution in [0.3, 0.4) is 0 Å². The molecule has 1 unspecified atom stereocenters. The van der Waals surface area contributed by atoms with Crippen LogP contribution < -0.4 is 10.2 Å². The number of rotatable bonds is 7. The molecule has 3 N–H and O–H groups in total. The van der Waals surface area contributed by atoms with Crippen LogP contribution in [0.5, 0.6) is 17.2 Å². The minimum atomic E-state index is -0.414. The van der Waals surface area contributed by atoms with Crippen molar-refractivity contribution in [2.24, 2.45) is 5.10 Å². The number of aryl methyl sites for hydroxylation is 1. The van der Waals surface area contributed by atoms with Gasteiger partial charge in [0.25, 0.3) is 5.91 Å². The van der Waals surface area contributed by atoms with E-state index in [0.29, 0.717) is 22.8 Å². The Morgan fingerprint density at radius 3 is 2.58 bits per heavy atom. The number of nitrogens with zero attached hydrogens (tertiary/aromatic N) is 1. The number of hydrogen-bond donors (Lipinski definition) is 3. The minimum absolute atomic E-state index is 0.0334. The SMILES string of the molecule is CCC(C)c1ccc(OCC(=O)N/N=C/c2c(C)cc(O)cc2O)cc1. The van der Waals surface area contributed by atoms with Gasteiger partial charge in [-0.3, -0.25) is 4.79 Å². The zero-order valence-corrected chi connectivity index (χ0v) is 15.2. The molecule has 2 aromatic rings. The van der Waals surface area contributed by atoms with Crippen LogP contribution in [0.1, 0.15) is 42.9 Å². The Hall–Kier alpha value is -3.02. The van der Waals surface area contributed by atoms with Gasteiger partial charge in [0.15, 0.2) is 6.61 Å². The molecule has 0 aliphatic rings. The van der Waals surface area contributed by atoms with Crippen molar-refractivity contribution in [1.29, 1.82) is 0 Å². The second-order valence-corrected chi connectivity index (χ2v) is 6.16. The number of hydrazone groups is 1. The van der Waals surface area contributed by atoms with Crippen LogP contribution in [-0.4, -0.2) is 28.9 Å². The van der Waals surface area contributed by atoms with Crippen LogP contribution in [-0.2, 0) is 4.79 Å². The van der Waals surface area contributed by atoms with Gasteiger partial charge < -0.3 is 14.9 Å². The number of phenolic OH excluding ortho intramolecular Hbond substituents is 2. The molecule has 6 nitrogen and oxygen atoms in total. The Kier molecular flexibility index (Phi) is 6.60. The summed E-state index contributed by atoms with van der Waals surface area (Å²) in [5, 5.41) is 23.0. The maximum atomic E-state index is 11.8. The molecule has 0 radical (unpaired) electrons. The molecule has 2 rings (SSSR count). The number of benzene rings is 2. The van der Waals surface area contributed by atoms with Gasteiger partial charge in [-0.05, 0) is 48.6 Å². The lowest BCUT2D eigenvalue weighted by Gasteiger charge is -2.10. The number of aromatic hydroxyl groups is 2. The van der Waals surface area contributed by atoms with Crippen LogP contribution in [0.25, 0.3) is 0 Å². The summed E-state index contributed by atoms with van der Waals surface area (Å²) in [7, 11) is 0. The third-order valence-corrected chi connectivity index (χ3v) is 4.16. The summed E-state index contributed by atoms with van der Waals surface area (Å²) in [5.74, 6) is 0.542. The van der Waals surface area contributed by atoms with Crippen molar-refractivity contribution in [3.63, 3.8) is 0 Å². The fraction of sp³-hybridized carbons (Fsp3) is 0.300. The molecule has 0 aromatic heterocycles. The zero-order valence-electron chi connectivity index (χ0n) is 15.2. The lowest BCUT2D eigenvalue weighted by atomic mass is 9.99. The second kappa shape index (κ2) is 8.89. The average Bonchev–Trinajstić information content (AvgIpc) is 2.62. The first-order valence-corrected chi connectivity index (χ1v) is 8.48. The van der Waals surface area contributed by atoms with Crippen molar-refractivity contribution in [3.8, 4) is 17.2 Å². The van der Waals surface area contributed by atoms with Crippen LogP contribution in [0, 0.1) is 6.92 Å². The Morgan fingerprint density at radius 1 is 1.27 bits per heavy atom. The van der Waals surface area contributed by atoms with E-state index in [-0.39, 0.29) is 18.1 Å². The van der Waals surface area contributed by atoms with Gasteiger partial charge >= 0.3 is 0 Å². The van der Waals surface area contributed by atoms with Gasteiger partial charge in [-0.2, -0.15) is 5.10 Å². The maximum Gasteiger partial charge on any atom is 0.277 e. The molecule has 0 saturated carbocycles. The molecule has 26 heavy (non-hydrogen) atoms. The highest BCUT2D eigenvalue weighted by atomic mass is 16.5. The van der Waals surface area contributed by atoms with Gasteiger partial charge in [0.2, 0.25) is 0 Å². The van der Waals surface area contributed by atoms with E-state index >= 15 is 0 Å². The molecule has 0 saturated heterocycles. The predicted molar refractivity (Wildman–Crippen MR) is 101 cm³/mol. The second-order valence-electron chi connectivity index (χ2n) is 6.16. The van der Waals surface area contributed by atoms with Crippen LogP contribution in [0.2, 0.25) is 0 Å². The first-order valence-electron chi connectivity index (χ1n) is 8.48. The highest BCUT2D eigenvalue weighted by molar-refractivity contribution is 5.87. The number of phenols is 2. The Bertz CT molecular complexity index is 762. The summed E-state index contributed by atoms with van der Waals surface area (Å²) in [6.45, 7) is 5.85. The van der Waals surface area contributed by atoms with Crippen molar-refractivity contribution in [2.45, 2.75) is 33.1 Å². The summed E-state index contributed by atoms with van der Waals surface area (Å²) < 4.78 is 5.43. The molecular formula is C20H24N2O4. The lowest BCUT2D eigenvalue weighted by Crippen LogP contribution is -2.24. The van der Waals surface area contributed by atoms with Crippen molar-refractivity contribution in [2.75, 3.05) is 6.61 Å². The van der Waals surface area contributed by atoms with Crippen molar-refractivity contribution >= 4 is 12.1 Å². The van der Waals surface area contributed by atoms with E-state index in [2.05, 4.69) is 24.4 Å². The Morgan fingerprint density at radius 2 is 1.96 bits per heavy atom. The smallest absolute Gasteiger partial charge is 0.277 e. The third kappa shape index (κ3) is 5.24. The molecule has 2 aromatic carbocycles. The van der Waals surface area contributed by atoms with E-state index in [1.165, 1.54) is 23.9 Å². The fourth-order valence-corrected chi connectivity index (χ4v) is 2.41. The van der Waals surface area contributed by atoms with E-state index in [1.54, 1.807) is 6.92 Å². The molecule has 6 heteroatoms. The third-order valence-electron chi connectivity index (χ3n) is 4.16. The molecule has 138 valence electrons. The Balaban J connectivity index is 1.86. The van der Waals surface area contributed by atoms with Gasteiger partial charge in [-0.25, -0.2) is 5.43 Å². The summed E-state index contributed by atoms with van der Waals surface area (Å²) in [4.78, 5) is 11.8. The summed E-state index contributed by atoms with van der Waals surface area (Å²) in [6, 6.07) is 10.4. The molecule has 1 amide bonds. The standard InChI is InChI=1S/C20H24N2O4/c1-4-13(2)15-5-7-17(8-6-15)26-12-20(25)22-21-11-18-14(3)9-16(23)10-19(18)24/h5-11,13,23-24H,4,12H2,1-3H3,(H,22,25)/b21-11+. The van der Waals surface area contributed by atoms with Crippen LogP contribution in [0.15, 0.2) is 41.5 Å². The molecular weight excluding hydrogens is 332 g/mol. The normalized spacial score (nSPS) is 12.1. The van der Waals surface area contributed by atoms with Crippen molar-refractivity contribution in [3.05, 3.63) is 53.1 Å². The Labute approximate surface area is 153 Å². The van der Waals surface area contributed by atoms with Gasteiger partial charge in [0.05, 0.1) is 6.21 Å². The van der Waals surface area contributed by atoms with Gasteiger partial charge in [-0.15, -0.1) is 0 Å². The zero-order chi connectivity index (χ0) is 19.1. The predicted octanol–water partition coefficient (Wildman–Crippen LogP) is 3.45. The number of ether oxygens (including phenoxy) is 1. The first-order chi connectivity index (χ1) is 12.4. The summed E-state index contributed by atoms with van der Waals surface area (Å²) in [6.07, 6.45) is 2.39. The van der Waals surface area contributed by atoms with Gasteiger partial charge in [0.1, 0.15) is 17.2 Å². The van der Waals surface area contributed by atoms with E-state index in [9.17, 15) is 15.0 Å². The number of nitrogens with one attached hydrogen (secondary N) is 1. The van der Waals surface area contributed by atoms with E-state index in [1.807, 2.05) is 24.3 Å². The first kappa shape index (κ1) is 19.3. The number of carbonyl (C=O) groups excluding carboxylic acids is 1. The van der Waals surface area contributed by atoms with Crippen molar-refractivity contribution in [1.82, 2.24) is 5.43 Å². The van der Waals surface area contributed by atoms with E-state index in [4.69, 9.17) is 4.74 Å². The molecule has 0 aliphatic carbocycles. The molecule has 0 bridgehead atoms. The van der Waals surface area contributed by atoms with Crippen molar-refractivity contribution < 1.29 is 19.7 Å². The summed E-state index contributed by atoms with van der Waals surface area (Å²) >= 11 is 0. The number of carbonyl (C=O) groups is 1. The molecule has 1 atom stereocenters. The van der Waals surface area contributed by atoms with E-state index < -0.39 is 5.91 Å². The van der Waals surface area contributed by atoms with Gasteiger partial charge in [0, 0.05) is 11.6 Å². The van der Waals surface area contributed by atoms with Crippen LogP contribution >= 0.6 is 0 Å². The fourth-order valence-electron chi connectivity index (χ4n) is 2.41. The topological polar surface area (TPSA) is 91.2 Å². The highest BCUT2D eigenvalue weighted by Crippen LogP contribution is 2.25. The van der Waals surface area contributed by atoms with Crippen LogP contribution in [0.4, 0.5) is 0 Å². The maximum absolute atomic E-state index is 11.8. The highest BCUT2D eigenvalue weighted by Gasteiger charge is 2.06. The largest absolute Gasteiger partial charge is 0.508 e. The van der Waals surface area contributed by atoms with Gasteiger partial charge in [-0.1, -0.05) is 26.0 Å². The monoisotopic (exact) mass is 356 g/mol. The minimum Gasteiger partial charge on any atom is -0.508 e. The number of amides is 1. The lowest BCUT2D eigenvalue weighted by molar-refractivity contribution is -0.123. The molecule has 0 heterocycles. The molecule has 0 fully saturated rings. The van der Waals surface area contributed by atoms with E-state index in [0.717, 1.165) is 6.42 Å². The molecule has 0 spiro atoms. The average molecular weight is 356 g/mol.